The standard InChI is InChI=1S/C26H19B2NO4/c1-18-10-13-21(28-32-25-8-4-5-9-26(25)33-28)16-22(18)29-17-19-11-14-20(15-12-19)27-30-23-6-2-3-7-24(23)31-27/h2-17H,1H3. The van der Waals surface area contributed by atoms with Gasteiger partial charge in [0.2, 0.25) is 0 Å². The van der Waals surface area contributed by atoms with Crippen LogP contribution in [0.1, 0.15) is 11.1 Å². The van der Waals surface area contributed by atoms with E-state index in [-0.39, 0.29) is 0 Å². The number of aliphatic imine (C=N–C) groups is 1. The van der Waals surface area contributed by atoms with E-state index in [4.69, 9.17) is 23.6 Å². The van der Waals surface area contributed by atoms with Gasteiger partial charge in [-0.1, -0.05) is 60.7 Å². The Morgan fingerprint density at radius 2 is 1.09 bits per heavy atom. The third-order valence-corrected chi connectivity index (χ3v) is 5.70. The van der Waals surface area contributed by atoms with Crippen molar-refractivity contribution in [2.24, 2.45) is 4.99 Å². The Labute approximate surface area is 192 Å². The molecule has 7 heteroatoms. The first kappa shape index (κ1) is 19.6. The van der Waals surface area contributed by atoms with Crippen molar-refractivity contribution < 1.29 is 18.6 Å². The summed E-state index contributed by atoms with van der Waals surface area (Å²) in [5.74, 6) is 3.04. The van der Waals surface area contributed by atoms with Gasteiger partial charge in [0.05, 0.1) is 5.69 Å². The summed E-state index contributed by atoms with van der Waals surface area (Å²) in [6.45, 7) is 2.04. The van der Waals surface area contributed by atoms with Gasteiger partial charge in [-0.25, -0.2) is 0 Å². The lowest BCUT2D eigenvalue weighted by atomic mass is 9.78. The molecule has 33 heavy (non-hydrogen) atoms. The predicted octanol–water partition coefficient (Wildman–Crippen LogP) is 4.08. The van der Waals surface area contributed by atoms with Crippen LogP contribution in [0.2, 0.25) is 0 Å². The van der Waals surface area contributed by atoms with Crippen LogP contribution in [0.25, 0.3) is 0 Å². The van der Waals surface area contributed by atoms with Crippen molar-refractivity contribution in [2.45, 2.75) is 6.92 Å². The topological polar surface area (TPSA) is 49.3 Å². The van der Waals surface area contributed by atoms with E-state index in [0.717, 1.165) is 50.7 Å². The van der Waals surface area contributed by atoms with E-state index >= 15 is 0 Å². The highest BCUT2D eigenvalue weighted by Crippen LogP contribution is 2.33. The van der Waals surface area contributed by atoms with Gasteiger partial charge in [0.25, 0.3) is 0 Å². The summed E-state index contributed by atoms with van der Waals surface area (Å²) in [6, 6.07) is 29.4. The van der Waals surface area contributed by atoms with Crippen molar-refractivity contribution in [3.63, 3.8) is 0 Å². The van der Waals surface area contributed by atoms with Gasteiger partial charge in [-0.2, -0.15) is 0 Å². The quantitative estimate of drug-likeness (QED) is 0.361. The van der Waals surface area contributed by atoms with E-state index in [1.165, 1.54) is 0 Å². The van der Waals surface area contributed by atoms with Gasteiger partial charge in [-0.15, -0.1) is 0 Å². The molecule has 0 bridgehead atoms. The first-order valence-electron chi connectivity index (χ1n) is 10.8. The normalized spacial score (nSPS) is 13.7. The molecule has 5 nitrogen and oxygen atoms in total. The lowest BCUT2D eigenvalue weighted by Gasteiger charge is -2.08. The van der Waals surface area contributed by atoms with Crippen LogP contribution in [-0.2, 0) is 0 Å². The molecule has 0 N–H and O–H groups in total. The number of aryl methyl sites for hydroxylation is 1. The third kappa shape index (κ3) is 3.82. The number of nitrogens with zero attached hydrogens (tertiary/aromatic N) is 1. The predicted molar refractivity (Wildman–Crippen MR) is 131 cm³/mol. The molecule has 2 aliphatic rings. The molecule has 0 fully saturated rings. The van der Waals surface area contributed by atoms with Crippen LogP contribution in [0.15, 0.2) is 96.0 Å². The van der Waals surface area contributed by atoms with Crippen LogP contribution in [0.4, 0.5) is 5.69 Å². The summed E-state index contributed by atoms with van der Waals surface area (Å²) in [5, 5.41) is 0. The van der Waals surface area contributed by atoms with Crippen LogP contribution >= 0.6 is 0 Å². The second kappa shape index (κ2) is 8.10. The van der Waals surface area contributed by atoms with Crippen LogP contribution in [-0.4, -0.2) is 20.5 Å². The zero-order chi connectivity index (χ0) is 22.2. The molecule has 0 amide bonds. The molecule has 4 aromatic carbocycles. The maximum atomic E-state index is 5.94. The van der Waals surface area contributed by atoms with Crippen molar-refractivity contribution in [3.05, 3.63) is 102 Å². The highest BCUT2D eigenvalue weighted by atomic mass is 16.6. The van der Waals surface area contributed by atoms with E-state index < -0.39 is 14.2 Å². The van der Waals surface area contributed by atoms with Crippen LogP contribution in [0.5, 0.6) is 23.0 Å². The molecule has 0 spiro atoms. The van der Waals surface area contributed by atoms with Crippen LogP contribution in [0, 0.1) is 6.92 Å². The second-order valence-corrected chi connectivity index (χ2v) is 8.00. The molecule has 2 aliphatic heterocycles. The molecule has 0 saturated carbocycles. The fourth-order valence-corrected chi connectivity index (χ4v) is 3.87. The van der Waals surface area contributed by atoms with Gasteiger partial charge in [0.15, 0.2) is 0 Å². The Morgan fingerprint density at radius 1 is 0.606 bits per heavy atom. The maximum Gasteiger partial charge on any atom is 0.632 e. The minimum absolute atomic E-state index is 0.428. The second-order valence-electron chi connectivity index (χ2n) is 8.00. The first-order valence-corrected chi connectivity index (χ1v) is 10.8. The third-order valence-electron chi connectivity index (χ3n) is 5.70. The van der Waals surface area contributed by atoms with Gasteiger partial charge in [0.1, 0.15) is 23.0 Å². The summed E-state index contributed by atoms with van der Waals surface area (Å²) >= 11 is 0. The maximum absolute atomic E-state index is 5.94. The zero-order valence-corrected chi connectivity index (χ0v) is 18.0. The van der Waals surface area contributed by atoms with Crippen molar-refractivity contribution in [1.29, 1.82) is 0 Å². The number of hydrogen-bond acceptors (Lipinski definition) is 5. The molecule has 4 aromatic rings. The van der Waals surface area contributed by atoms with Crippen molar-refractivity contribution in [2.75, 3.05) is 0 Å². The molecular weight excluding hydrogens is 412 g/mol. The van der Waals surface area contributed by atoms with E-state index in [2.05, 4.69) is 0 Å². The monoisotopic (exact) mass is 431 g/mol. The summed E-state index contributed by atoms with van der Waals surface area (Å²) in [6.07, 6.45) is 1.85. The Morgan fingerprint density at radius 3 is 1.64 bits per heavy atom. The molecule has 0 unspecified atom stereocenters. The van der Waals surface area contributed by atoms with E-state index in [1.807, 2.05) is 104 Å². The van der Waals surface area contributed by atoms with Gasteiger partial charge < -0.3 is 18.6 Å². The molecule has 0 saturated heterocycles. The average Bonchev–Trinajstić information content (AvgIpc) is 3.48. The number of hydrogen-bond donors (Lipinski definition) is 0. The van der Waals surface area contributed by atoms with Crippen molar-refractivity contribution >= 4 is 37.1 Å². The molecule has 0 aromatic heterocycles. The molecule has 0 atom stereocenters. The van der Waals surface area contributed by atoms with Crippen LogP contribution < -0.4 is 29.5 Å². The largest absolute Gasteiger partial charge is 0.632 e. The minimum Gasteiger partial charge on any atom is -0.519 e. The molecular formula is C26H19B2NO4. The van der Waals surface area contributed by atoms with Crippen molar-refractivity contribution in [1.82, 2.24) is 0 Å². The smallest absolute Gasteiger partial charge is 0.519 e. The Kier molecular flexibility index (Phi) is 4.80. The van der Waals surface area contributed by atoms with E-state index in [0.29, 0.717) is 0 Å². The fourth-order valence-electron chi connectivity index (χ4n) is 3.87. The van der Waals surface area contributed by atoms with E-state index in [1.54, 1.807) is 0 Å². The molecule has 0 radical (unpaired) electrons. The summed E-state index contributed by atoms with van der Waals surface area (Å²) in [4.78, 5) is 4.72. The average molecular weight is 431 g/mol. The lowest BCUT2D eigenvalue weighted by Crippen LogP contribution is -2.39. The molecule has 158 valence electrons. The number of benzene rings is 4. The molecule has 6 rings (SSSR count). The first-order chi connectivity index (χ1) is 16.2. The van der Waals surface area contributed by atoms with Crippen molar-refractivity contribution in [3.8, 4) is 23.0 Å². The van der Waals surface area contributed by atoms with E-state index in [9.17, 15) is 0 Å². The highest BCUT2D eigenvalue weighted by molar-refractivity contribution is 6.64. The number of fused-ring (bicyclic) bond motifs is 2. The number of rotatable bonds is 4. The van der Waals surface area contributed by atoms with Gasteiger partial charge in [-0.3, -0.25) is 4.99 Å². The fraction of sp³-hybridized carbons (Fsp3) is 0.0385. The van der Waals surface area contributed by atoms with Gasteiger partial charge >= 0.3 is 14.2 Å². The van der Waals surface area contributed by atoms with Gasteiger partial charge in [-0.05, 0) is 48.4 Å². The summed E-state index contributed by atoms with van der Waals surface area (Å²) < 4.78 is 23.6. The summed E-state index contributed by atoms with van der Waals surface area (Å²) in [7, 11) is -0.894. The SMILES string of the molecule is Cc1ccc(B2Oc3ccccc3O2)cc1N=Cc1ccc(B2Oc3ccccc3O2)cc1. The Hall–Kier alpha value is -4.12. The lowest BCUT2D eigenvalue weighted by molar-refractivity contribution is 0.518. The Balaban J connectivity index is 1.17. The Bertz CT molecular complexity index is 1310. The summed E-state index contributed by atoms with van der Waals surface area (Å²) in [5.41, 5.74) is 4.82. The molecule has 2 heterocycles. The van der Waals surface area contributed by atoms with Crippen LogP contribution in [0.3, 0.4) is 0 Å². The van der Waals surface area contributed by atoms with Gasteiger partial charge in [0, 0.05) is 17.1 Å². The highest BCUT2D eigenvalue weighted by Gasteiger charge is 2.34. The minimum atomic E-state index is -0.466. The molecule has 0 aliphatic carbocycles. The zero-order valence-electron chi connectivity index (χ0n) is 18.0. The number of para-hydroxylation sites is 4.